The second kappa shape index (κ2) is 6.00. The van der Waals surface area contributed by atoms with E-state index in [4.69, 9.17) is 4.74 Å². The highest BCUT2D eigenvalue weighted by Gasteiger charge is 2.16. The lowest BCUT2D eigenvalue weighted by Gasteiger charge is -2.08. The van der Waals surface area contributed by atoms with Gasteiger partial charge in [0, 0.05) is 19.0 Å². The van der Waals surface area contributed by atoms with Gasteiger partial charge in [0.2, 0.25) is 0 Å². The topological polar surface area (TPSA) is 64.9 Å². The molecule has 1 fully saturated rings. The molecule has 3 heterocycles. The molecule has 1 saturated heterocycles. The molecule has 0 spiro atoms. The Labute approximate surface area is 118 Å². The van der Waals surface area contributed by atoms with E-state index in [9.17, 15) is 0 Å². The average Bonchev–Trinajstić information content (AvgIpc) is 3.09. The maximum atomic E-state index is 5.61. The lowest BCUT2D eigenvalue weighted by molar-refractivity contribution is 0.0940. The van der Waals surface area contributed by atoms with Crippen LogP contribution in [0.4, 0.5) is 5.69 Å². The lowest BCUT2D eigenvalue weighted by atomic mass is 10.2. The van der Waals surface area contributed by atoms with E-state index in [1.807, 2.05) is 30.1 Å². The highest BCUT2D eigenvalue weighted by molar-refractivity contribution is 5.38. The number of hydrogen-bond donors (Lipinski definition) is 1. The first-order valence-electron chi connectivity index (χ1n) is 6.96. The van der Waals surface area contributed by atoms with Crippen LogP contribution >= 0.6 is 0 Å². The number of anilines is 1. The van der Waals surface area contributed by atoms with Crippen molar-refractivity contribution >= 4 is 5.69 Å². The first-order valence-corrected chi connectivity index (χ1v) is 6.96. The van der Waals surface area contributed by atoms with Crippen molar-refractivity contribution < 1.29 is 4.74 Å². The van der Waals surface area contributed by atoms with Crippen molar-refractivity contribution in [3.05, 3.63) is 36.2 Å². The molecule has 1 unspecified atom stereocenters. The van der Waals surface area contributed by atoms with Gasteiger partial charge in [-0.15, -0.1) is 0 Å². The van der Waals surface area contributed by atoms with Gasteiger partial charge in [0.25, 0.3) is 0 Å². The van der Waals surface area contributed by atoms with E-state index in [-0.39, 0.29) is 0 Å². The van der Waals surface area contributed by atoms with Gasteiger partial charge in [0.1, 0.15) is 5.82 Å². The van der Waals surface area contributed by atoms with E-state index in [1.54, 1.807) is 6.20 Å². The van der Waals surface area contributed by atoms with E-state index in [0.29, 0.717) is 12.6 Å². The molecule has 20 heavy (non-hydrogen) atoms. The third-order valence-corrected chi connectivity index (χ3v) is 3.36. The monoisotopic (exact) mass is 273 g/mol. The summed E-state index contributed by atoms with van der Waals surface area (Å²) in [5.74, 6) is 0.790. The van der Waals surface area contributed by atoms with Crippen molar-refractivity contribution in [2.24, 2.45) is 0 Å². The molecule has 6 nitrogen and oxygen atoms in total. The summed E-state index contributed by atoms with van der Waals surface area (Å²) in [5, 5.41) is 7.67. The lowest BCUT2D eigenvalue weighted by Crippen LogP contribution is -2.15. The summed E-state index contributed by atoms with van der Waals surface area (Å²) in [6.07, 6.45) is 8.22. The molecule has 3 rings (SSSR count). The van der Waals surface area contributed by atoms with Gasteiger partial charge in [-0.3, -0.25) is 4.68 Å². The smallest absolute Gasteiger partial charge is 0.125 e. The highest BCUT2D eigenvalue weighted by Crippen LogP contribution is 2.15. The molecule has 0 radical (unpaired) electrons. The van der Waals surface area contributed by atoms with Gasteiger partial charge in [0.05, 0.1) is 36.8 Å². The maximum Gasteiger partial charge on any atom is 0.125 e. The standard InChI is InChI=1S/C14H19N5O/c1-11-15-5-4-12(18-11)7-16-13-8-17-19(9-13)10-14-3-2-6-20-14/h4-5,8-9,14,16H,2-3,6-7,10H2,1H3. The van der Waals surface area contributed by atoms with Crippen LogP contribution in [-0.4, -0.2) is 32.5 Å². The predicted molar refractivity (Wildman–Crippen MR) is 75.3 cm³/mol. The first-order chi connectivity index (χ1) is 9.79. The Morgan fingerprint density at radius 1 is 1.50 bits per heavy atom. The highest BCUT2D eigenvalue weighted by atomic mass is 16.5. The number of rotatable bonds is 5. The molecule has 1 aliphatic rings. The minimum atomic E-state index is 0.312. The van der Waals surface area contributed by atoms with Gasteiger partial charge in [-0.25, -0.2) is 9.97 Å². The quantitative estimate of drug-likeness (QED) is 0.899. The zero-order valence-electron chi connectivity index (χ0n) is 11.6. The predicted octanol–water partition coefficient (Wildman–Crippen LogP) is 1.77. The molecule has 2 aromatic heterocycles. The van der Waals surface area contributed by atoms with Gasteiger partial charge in [-0.1, -0.05) is 0 Å². The Morgan fingerprint density at radius 3 is 3.25 bits per heavy atom. The van der Waals surface area contributed by atoms with Gasteiger partial charge in [-0.2, -0.15) is 5.10 Å². The zero-order valence-corrected chi connectivity index (χ0v) is 11.6. The minimum absolute atomic E-state index is 0.312. The van der Waals surface area contributed by atoms with Crippen LogP contribution in [0.5, 0.6) is 0 Å². The molecular formula is C14H19N5O. The minimum Gasteiger partial charge on any atom is -0.377 e. The van der Waals surface area contributed by atoms with Crippen LogP contribution in [0, 0.1) is 6.92 Å². The number of hydrogen-bond acceptors (Lipinski definition) is 5. The third kappa shape index (κ3) is 3.33. The molecule has 2 aromatic rings. The van der Waals surface area contributed by atoms with Crippen molar-refractivity contribution in [1.29, 1.82) is 0 Å². The van der Waals surface area contributed by atoms with Crippen molar-refractivity contribution in [3.63, 3.8) is 0 Å². The van der Waals surface area contributed by atoms with Crippen LogP contribution in [-0.2, 0) is 17.8 Å². The van der Waals surface area contributed by atoms with Crippen LogP contribution in [0.3, 0.4) is 0 Å². The number of nitrogens with one attached hydrogen (secondary N) is 1. The molecule has 1 atom stereocenters. The molecular weight excluding hydrogens is 254 g/mol. The first kappa shape index (κ1) is 13.1. The molecule has 0 aliphatic carbocycles. The molecule has 0 amide bonds. The van der Waals surface area contributed by atoms with E-state index >= 15 is 0 Å². The van der Waals surface area contributed by atoms with Crippen molar-refractivity contribution in [2.75, 3.05) is 11.9 Å². The molecule has 0 bridgehead atoms. The van der Waals surface area contributed by atoms with Crippen molar-refractivity contribution in [1.82, 2.24) is 19.7 Å². The summed E-state index contributed by atoms with van der Waals surface area (Å²) in [4.78, 5) is 8.44. The van der Waals surface area contributed by atoms with E-state index in [0.717, 1.165) is 43.2 Å². The molecule has 106 valence electrons. The fourth-order valence-corrected chi connectivity index (χ4v) is 2.35. The van der Waals surface area contributed by atoms with Crippen LogP contribution in [0.1, 0.15) is 24.4 Å². The van der Waals surface area contributed by atoms with Gasteiger partial charge in [0.15, 0.2) is 0 Å². The van der Waals surface area contributed by atoms with Crippen LogP contribution in [0.2, 0.25) is 0 Å². The summed E-state index contributed by atoms with van der Waals surface area (Å²) in [6.45, 7) is 4.27. The Hall–Kier alpha value is -1.95. The molecule has 6 heteroatoms. The van der Waals surface area contributed by atoms with E-state index in [1.165, 1.54) is 0 Å². The van der Waals surface area contributed by atoms with E-state index in [2.05, 4.69) is 20.4 Å². The Bertz CT molecular complexity index is 562. The summed E-state index contributed by atoms with van der Waals surface area (Å²) >= 11 is 0. The normalized spacial score (nSPS) is 18.4. The Kier molecular flexibility index (Phi) is 3.92. The largest absolute Gasteiger partial charge is 0.377 e. The summed E-state index contributed by atoms with van der Waals surface area (Å²) < 4.78 is 7.54. The maximum absolute atomic E-state index is 5.61. The van der Waals surface area contributed by atoms with Crippen LogP contribution in [0.25, 0.3) is 0 Å². The van der Waals surface area contributed by atoms with Crippen LogP contribution in [0.15, 0.2) is 24.7 Å². The fourth-order valence-electron chi connectivity index (χ4n) is 2.35. The molecule has 1 aliphatic heterocycles. The summed E-state index contributed by atoms with van der Waals surface area (Å²) in [5.41, 5.74) is 1.98. The van der Waals surface area contributed by atoms with Gasteiger partial charge < -0.3 is 10.1 Å². The van der Waals surface area contributed by atoms with Gasteiger partial charge in [-0.05, 0) is 25.8 Å². The zero-order chi connectivity index (χ0) is 13.8. The van der Waals surface area contributed by atoms with Crippen molar-refractivity contribution in [3.8, 4) is 0 Å². The molecule has 0 saturated carbocycles. The SMILES string of the molecule is Cc1nccc(CNc2cnn(CC3CCCO3)c2)n1. The number of aryl methyl sites for hydroxylation is 1. The fraction of sp³-hybridized carbons (Fsp3) is 0.500. The number of ether oxygens (including phenoxy) is 1. The Balaban J connectivity index is 1.54. The third-order valence-electron chi connectivity index (χ3n) is 3.36. The molecule has 1 N–H and O–H groups in total. The van der Waals surface area contributed by atoms with Gasteiger partial charge >= 0.3 is 0 Å². The summed E-state index contributed by atoms with van der Waals surface area (Å²) in [7, 11) is 0. The average molecular weight is 273 g/mol. The summed E-state index contributed by atoms with van der Waals surface area (Å²) in [6, 6.07) is 1.91. The Morgan fingerprint density at radius 2 is 2.45 bits per heavy atom. The van der Waals surface area contributed by atoms with E-state index < -0.39 is 0 Å². The van der Waals surface area contributed by atoms with Crippen LogP contribution < -0.4 is 5.32 Å². The second-order valence-electron chi connectivity index (χ2n) is 5.03. The van der Waals surface area contributed by atoms with Crippen molar-refractivity contribution in [2.45, 2.75) is 39.0 Å². The number of aromatic nitrogens is 4. The second-order valence-corrected chi connectivity index (χ2v) is 5.03. The number of nitrogens with zero attached hydrogens (tertiary/aromatic N) is 4. The molecule has 0 aromatic carbocycles.